The van der Waals surface area contributed by atoms with Gasteiger partial charge in [-0.3, -0.25) is 0 Å². The largest absolute Gasteiger partial charge is 0.462 e. The van der Waals surface area contributed by atoms with Crippen LogP contribution in [0.3, 0.4) is 0 Å². The molecule has 2 rings (SSSR count). The van der Waals surface area contributed by atoms with Crippen LogP contribution in [0.25, 0.3) is 0 Å². The van der Waals surface area contributed by atoms with Crippen molar-refractivity contribution in [3.8, 4) is 0 Å². The van der Waals surface area contributed by atoms with E-state index < -0.39 is 11.8 Å². The van der Waals surface area contributed by atoms with E-state index in [0.717, 1.165) is 17.8 Å². The first-order valence-electron chi connectivity index (χ1n) is 5.75. The number of carbonyl (C=O) groups is 1. The van der Waals surface area contributed by atoms with Gasteiger partial charge in [0.05, 0.1) is 17.1 Å². The Labute approximate surface area is 118 Å². The van der Waals surface area contributed by atoms with Gasteiger partial charge >= 0.3 is 5.97 Å². The van der Waals surface area contributed by atoms with Gasteiger partial charge in [-0.1, -0.05) is 0 Å². The van der Waals surface area contributed by atoms with Crippen molar-refractivity contribution in [3.05, 3.63) is 29.4 Å². The molecule has 0 spiro atoms. The second kappa shape index (κ2) is 5.91. The summed E-state index contributed by atoms with van der Waals surface area (Å²) in [5, 5.41) is 7.57. The molecule has 2 N–H and O–H groups in total. The Hall–Kier alpha value is -2.09. The van der Waals surface area contributed by atoms with Crippen LogP contribution < -0.4 is 5.73 Å². The third kappa shape index (κ3) is 3.08. The number of nitrogens with zero attached hydrogens (tertiary/aromatic N) is 2. The van der Waals surface area contributed by atoms with Crippen LogP contribution in [0.1, 0.15) is 23.2 Å². The van der Waals surface area contributed by atoms with E-state index in [-0.39, 0.29) is 28.0 Å². The van der Waals surface area contributed by atoms with Gasteiger partial charge in [0.15, 0.2) is 0 Å². The Balaban J connectivity index is 2.33. The van der Waals surface area contributed by atoms with E-state index in [1.807, 2.05) is 0 Å². The number of halogens is 1. The molecule has 1 aromatic heterocycles. The first kappa shape index (κ1) is 14.3. The second-order valence-electron chi connectivity index (χ2n) is 3.78. The number of ether oxygens (including phenoxy) is 1. The number of carbonyl (C=O) groups excluding carboxylic acids is 1. The van der Waals surface area contributed by atoms with Gasteiger partial charge in [0.2, 0.25) is 5.89 Å². The zero-order valence-corrected chi connectivity index (χ0v) is 11.7. The Morgan fingerprint density at radius 1 is 1.50 bits per heavy atom. The first-order valence-corrected chi connectivity index (χ1v) is 6.57. The average molecular weight is 297 g/mol. The Morgan fingerprint density at radius 3 is 2.85 bits per heavy atom. The standard InChI is InChI=1S/C12H12FN3O3S/c1-3-18-11(17)7-4-10(8(13)5-9(7)14)20-12-16-15-6(2)19-12/h4-5H,3,14H2,1-2H3. The number of aryl methyl sites for hydroxylation is 1. The molecule has 6 nitrogen and oxygen atoms in total. The molecule has 1 heterocycles. The van der Waals surface area contributed by atoms with E-state index in [0.29, 0.717) is 5.89 Å². The van der Waals surface area contributed by atoms with E-state index in [1.54, 1.807) is 13.8 Å². The maximum absolute atomic E-state index is 13.8. The molecule has 0 saturated heterocycles. The van der Waals surface area contributed by atoms with E-state index >= 15 is 0 Å². The van der Waals surface area contributed by atoms with Gasteiger partial charge in [0.25, 0.3) is 5.22 Å². The molecular formula is C12H12FN3O3S. The summed E-state index contributed by atoms with van der Waals surface area (Å²) in [4.78, 5) is 11.9. The van der Waals surface area contributed by atoms with Crippen molar-refractivity contribution in [2.45, 2.75) is 24.0 Å². The first-order chi connectivity index (χ1) is 9.51. The number of nitrogens with two attached hydrogens (primary N) is 1. The van der Waals surface area contributed by atoms with Crippen LogP contribution in [0, 0.1) is 12.7 Å². The van der Waals surface area contributed by atoms with Gasteiger partial charge in [0.1, 0.15) is 5.82 Å². The van der Waals surface area contributed by atoms with Crippen LogP contribution in [0.4, 0.5) is 10.1 Å². The number of benzene rings is 1. The van der Waals surface area contributed by atoms with Gasteiger partial charge in [-0.05, 0) is 30.8 Å². The summed E-state index contributed by atoms with van der Waals surface area (Å²) in [5.74, 6) is -0.807. The maximum atomic E-state index is 13.8. The number of hydrogen-bond acceptors (Lipinski definition) is 7. The molecule has 0 aliphatic rings. The highest BCUT2D eigenvalue weighted by molar-refractivity contribution is 7.99. The molecule has 8 heteroatoms. The van der Waals surface area contributed by atoms with Gasteiger partial charge in [-0.25, -0.2) is 9.18 Å². The van der Waals surface area contributed by atoms with E-state index in [1.165, 1.54) is 6.07 Å². The fourth-order valence-electron chi connectivity index (χ4n) is 1.45. The summed E-state index contributed by atoms with van der Waals surface area (Å²) in [6.07, 6.45) is 0. The summed E-state index contributed by atoms with van der Waals surface area (Å²) in [7, 11) is 0. The molecule has 0 radical (unpaired) electrons. The fraction of sp³-hybridized carbons (Fsp3) is 0.250. The van der Waals surface area contributed by atoms with E-state index in [2.05, 4.69) is 10.2 Å². The zero-order chi connectivity index (χ0) is 14.7. The molecule has 0 aliphatic heterocycles. The van der Waals surface area contributed by atoms with Crippen molar-refractivity contribution in [1.82, 2.24) is 10.2 Å². The molecule has 0 amide bonds. The lowest BCUT2D eigenvalue weighted by molar-refractivity contribution is 0.0527. The lowest BCUT2D eigenvalue weighted by atomic mass is 10.2. The van der Waals surface area contributed by atoms with Crippen LogP contribution in [0.5, 0.6) is 0 Å². The molecule has 0 unspecified atom stereocenters. The van der Waals surface area contributed by atoms with Gasteiger partial charge < -0.3 is 14.9 Å². The number of rotatable bonds is 4. The van der Waals surface area contributed by atoms with Gasteiger partial charge in [0, 0.05) is 12.6 Å². The van der Waals surface area contributed by atoms with E-state index in [4.69, 9.17) is 14.9 Å². The molecule has 1 aromatic carbocycles. The molecular weight excluding hydrogens is 285 g/mol. The van der Waals surface area contributed by atoms with Crippen LogP contribution in [-0.2, 0) is 4.74 Å². The van der Waals surface area contributed by atoms with Crippen molar-refractivity contribution in [1.29, 1.82) is 0 Å². The lowest BCUT2D eigenvalue weighted by Crippen LogP contribution is -2.08. The topological polar surface area (TPSA) is 91.2 Å². The van der Waals surface area contributed by atoms with Crippen molar-refractivity contribution in [3.63, 3.8) is 0 Å². The molecule has 0 aliphatic carbocycles. The van der Waals surface area contributed by atoms with Crippen molar-refractivity contribution in [2.75, 3.05) is 12.3 Å². The quantitative estimate of drug-likeness (QED) is 0.684. The predicted octanol–water partition coefficient (Wildman–Crippen LogP) is 2.43. The predicted molar refractivity (Wildman–Crippen MR) is 69.9 cm³/mol. The molecule has 0 bridgehead atoms. The van der Waals surface area contributed by atoms with Crippen LogP contribution in [0.15, 0.2) is 26.7 Å². The number of aromatic nitrogens is 2. The Morgan fingerprint density at radius 2 is 2.25 bits per heavy atom. The van der Waals surface area contributed by atoms with Crippen LogP contribution >= 0.6 is 11.8 Å². The smallest absolute Gasteiger partial charge is 0.340 e. The molecule has 0 fully saturated rings. The highest BCUT2D eigenvalue weighted by Gasteiger charge is 2.17. The highest BCUT2D eigenvalue weighted by Crippen LogP contribution is 2.31. The van der Waals surface area contributed by atoms with Crippen LogP contribution in [0.2, 0.25) is 0 Å². The third-order valence-corrected chi connectivity index (χ3v) is 3.18. The number of hydrogen-bond donors (Lipinski definition) is 1. The monoisotopic (exact) mass is 297 g/mol. The Kier molecular flexibility index (Phi) is 4.23. The molecule has 106 valence electrons. The maximum Gasteiger partial charge on any atom is 0.340 e. The summed E-state index contributed by atoms with van der Waals surface area (Å²) in [6, 6.07) is 2.38. The third-order valence-electron chi connectivity index (χ3n) is 2.30. The number of anilines is 1. The normalized spacial score (nSPS) is 10.6. The number of esters is 1. The average Bonchev–Trinajstić information content (AvgIpc) is 2.78. The van der Waals surface area contributed by atoms with Crippen LogP contribution in [-0.4, -0.2) is 22.8 Å². The van der Waals surface area contributed by atoms with Crippen molar-refractivity contribution >= 4 is 23.4 Å². The second-order valence-corrected chi connectivity index (χ2v) is 4.77. The van der Waals surface area contributed by atoms with Gasteiger partial charge in [-0.2, -0.15) is 0 Å². The minimum atomic E-state index is -0.603. The lowest BCUT2D eigenvalue weighted by Gasteiger charge is -2.08. The zero-order valence-electron chi connectivity index (χ0n) is 10.8. The van der Waals surface area contributed by atoms with Crippen molar-refractivity contribution in [2.24, 2.45) is 0 Å². The molecule has 0 saturated carbocycles. The van der Waals surface area contributed by atoms with E-state index in [9.17, 15) is 9.18 Å². The molecule has 0 atom stereocenters. The minimum Gasteiger partial charge on any atom is -0.462 e. The highest BCUT2D eigenvalue weighted by atomic mass is 32.2. The summed E-state index contributed by atoms with van der Waals surface area (Å²) in [5.41, 5.74) is 5.74. The summed E-state index contributed by atoms with van der Waals surface area (Å²) < 4.78 is 23.8. The van der Waals surface area contributed by atoms with Gasteiger partial charge in [-0.15, -0.1) is 10.2 Å². The Bertz CT molecular complexity index is 645. The minimum absolute atomic E-state index is 0.0204. The van der Waals surface area contributed by atoms with Crippen molar-refractivity contribution < 1.29 is 18.3 Å². The molecule has 2 aromatic rings. The molecule has 20 heavy (non-hydrogen) atoms. The SMILES string of the molecule is CCOC(=O)c1cc(Sc2nnc(C)o2)c(F)cc1N. The summed E-state index contributed by atoms with van der Waals surface area (Å²) >= 11 is 0.915. The summed E-state index contributed by atoms with van der Waals surface area (Å²) in [6.45, 7) is 3.51. The number of nitrogen functional groups attached to an aromatic ring is 1. The fourth-order valence-corrected chi connectivity index (χ4v) is 2.21.